The zero-order chi connectivity index (χ0) is 17.6. The molecule has 4 nitrogen and oxygen atoms in total. The Labute approximate surface area is 145 Å². The Morgan fingerprint density at radius 2 is 1.76 bits per heavy atom. The van der Waals surface area contributed by atoms with Crippen LogP contribution in [0.3, 0.4) is 0 Å². The summed E-state index contributed by atoms with van der Waals surface area (Å²) in [6.45, 7) is 0.226. The monoisotopic (exact) mass is 349 g/mol. The lowest BCUT2D eigenvalue weighted by Crippen LogP contribution is -2.37. The van der Waals surface area contributed by atoms with Gasteiger partial charge in [0.2, 0.25) is 0 Å². The Hall–Kier alpha value is -2.02. The normalized spacial score (nSPS) is 18.5. The molecule has 1 saturated heterocycles. The van der Waals surface area contributed by atoms with E-state index in [4.69, 9.17) is 9.84 Å². The topological polar surface area (TPSA) is 41.9 Å². The first-order chi connectivity index (χ1) is 12.1. The average Bonchev–Trinajstić information content (AvgIpc) is 2.63. The van der Waals surface area contributed by atoms with Gasteiger partial charge in [-0.15, -0.1) is 0 Å². The molecular weight excluding hydrogens is 328 g/mol. The average molecular weight is 349 g/mol. The number of hydrogen-bond donors (Lipinski definition) is 1. The van der Waals surface area contributed by atoms with E-state index in [1.807, 2.05) is 24.3 Å². The lowest BCUT2D eigenvalue weighted by atomic mass is 10.1. The number of aliphatic hydroxyl groups excluding tert-OH is 1. The highest BCUT2D eigenvalue weighted by molar-refractivity contribution is 5.29. The van der Waals surface area contributed by atoms with Crippen molar-refractivity contribution in [3.63, 3.8) is 0 Å². The Morgan fingerprint density at radius 1 is 1.08 bits per heavy atom. The molecule has 2 aromatic carbocycles. The van der Waals surface area contributed by atoms with E-state index < -0.39 is 6.61 Å². The SMILES string of the molecule is OCc1ccc(CN2CCO[C@H](c3ccc(OC(F)F)cc3)C2)cc1. The van der Waals surface area contributed by atoms with Crippen LogP contribution in [-0.4, -0.2) is 36.3 Å². The van der Waals surface area contributed by atoms with Gasteiger partial charge in [-0.2, -0.15) is 8.78 Å². The van der Waals surface area contributed by atoms with Gasteiger partial charge in [-0.25, -0.2) is 0 Å². The van der Waals surface area contributed by atoms with E-state index >= 15 is 0 Å². The number of rotatable bonds is 6. The van der Waals surface area contributed by atoms with Gasteiger partial charge < -0.3 is 14.6 Å². The van der Waals surface area contributed by atoms with Gasteiger partial charge in [-0.3, -0.25) is 4.90 Å². The largest absolute Gasteiger partial charge is 0.435 e. The van der Waals surface area contributed by atoms with Crippen LogP contribution in [0.15, 0.2) is 48.5 Å². The smallest absolute Gasteiger partial charge is 0.387 e. The molecular formula is C19H21F2NO3. The molecule has 0 bridgehead atoms. The summed E-state index contributed by atoms with van der Waals surface area (Å²) in [7, 11) is 0. The second kappa shape index (κ2) is 8.38. The predicted octanol–water partition coefficient (Wildman–Crippen LogP) is 3.35. The second-order valence-electron chi connectivity index (χ2n) is 6.02. The Bertz CT molecular complexity index is 661. The lowest BCUT2D eigenvalue weighted by molar-refractivity contribution is -0.0500. The third-order valence-electron chi connectivity index (χ3n) is 4.24. The number of ether oxygens (including phenoxy) is 2. The molecule has 134 valence electrons. The molecule has 1 heterocycles. The maximum atomic E-state index is 12.2. The number of benzene rings is 2. The highest BCUT2D eigenvalue weighted by Crippen LogP contribution is 2.25. The van der Waals surface area contributed by atoms with Crippen molar-refractivity contribution in [1.29, 1.82) is 0 Å². The highest BCUT2D eigenvalue weighted by atomic mass is 19.3. The van der Waals surface area contributed by atoms with Crippen molar-refractivity contribution in [2.24, 2.45) is 0 Å². The van der Waals surface area contributed by atoms with Crippen molar-refractivity contribution in [2.45, 2.75) is 25.9 Å². The van der Waals surface area contributed by atoms with Gasteiger partial charge in [0, 0.05) is 19.6 Å². The van der Waals surface area contributed by atoms with E-state index in [-0.39, 0.29) is 18.5 Å². The predicted molar refractivity (Wildman–Crippen MR) is 89.4 cm³/mol. The second-order valence-corrected chi connectivity index (χ2v) is 6.02. The minimum atomic E-state index is -2.82. The first-order valence-corrected chi connectivity index (χ1v) is 8.21. The summed E-state index contributed by atoms with van der Waals surface area (Å²) in [4.78, 5) is 2.30. The maximum absolute atomic E-state index is 12.2. The van der Waals surface area contributed by atoms with E-state index in [9.17, 15) is 8.78 Å². The van der Waals surface area contributed by atoms with Crippen molar-refractivity contribution < 1.29 is 23.4 Å². The van der Waals surface area contributed by atoms with Crippen molar-refractivity contribution in [3.8, 4) is 5.75 Å². The lowest BCUT2D eigenvalue weighted by Gasteiger charge is -2.33. The van der Waals surface area contributed by atoms with E-state index in [1.54, 1.807) is 12.1 Å². The van der Waals surface area contributed by atoms with Crippen LogP contribution in [0.5, 0.6) is 5.75 Å². The van der Waals surface area contributed by atoms with Crippen LogP contribution < -0.4 is 4.74 Å². The van der Waals surface area contributed by atoms with Crippen molar-refractivity contribution >= 4 is 0 Å². The van der Waals surface area contributed by atoms with E-state index in [0.29, 0.717) is 6.61 Å². The van der Waals surface area contributed by atoms with E-state index in [0.717, 1.165) is 30.8 Å². The third-order valence-corrected chi connectivity index (χ3v) is 4.24. The van der Waals surface area contributed by atoms with Crippen molar-refractivity contribution in [3.05, 3.63) is 65.2 Å². The maximum Gasteiger partial charge on any atom is 0.387 e. The summed E-state index contributed by atoms with van der Waals surface area (Å²) in [6.07, 6.45) is -0.0916. The van der Waals surface area contributed by atoms with Gasteiger partial charge in [-0.1, -0.05) is 36.4 Å². The molecule has 1 aliphatic rings. The molecule has 25 heavy (non-hydrogen) atoms. The standard InChI is InChI=1S/C19H21F2NO3/c20-19(21)25-17-7-5-16(6-8-17)18-12-22(9-10-24-18)11-14-1-3-15(13-23)4-2-14/h1-8,18-19,23H,9-13H2/t18-/m0/s1. The Balaban J connectivity index is 1.60. The van der Waals surface area contributed by atoms with Crippen LogP contribution in [-0.2, 0) is 17.9 Å². The van der Waals surface area contributed by atoms with Gasteiger partial charge in [0.1, 0.15) is 5.75 Å². The van der Waals surface area contributed by atoms with Crippen LogP contribution in [0.4, 0.5) is 8.78 Å². The molecule has 1 atom stereocenters. The van der Waals surface area contributed by atoms with Gasteiger partial charge in [0.25, 0.3) is 0 Å². The number of halogens is 2. The van der Waals surface area contributed by atoms with Crippen LogP contribution in [0.2, 0.25) is 0 Å². The molecule has 0 radical (unpaired) electrons. The van der Waals surface area contributed by atoms with Gasteiger partial charge in [0.15, 0.2) is 0 Å². The number of nitrogens with zero attached hydrogens (tertiary/aromatic N) is 1. The van der Waals surface area contributed by atoms with Crippen LogP contribution in [0.25, 0.3) is 0 Å². The zero-order valence-electron chi connectivity index (χ0n) is 13.8. The Morgan fingerprint density at radius 3 is 2.40 bits per heavy atom. The van der Waals surface area contributed by atoms with E-state index in [1.165, 1.54) is 17.7 Å². The molecule has 0 amide bonds. The molecule has 0 aliphatic carbocycles. The molecule has 1 N–H and O–H groups in total. The number of aliphatic hydroxyl groups is 1. The third kappa shape index (κ3) is 4.98. The van der Waals surface area contributed by atoms with E-state index in [2.05, 4.69) is 9.64 Å². The van der Waals surface area contributed by atoms with Gasteiger partial charge >= 0.3 is 6.61 Å². The summed E-state index contributed by atoms with van der Waals surface area (Å²) in [5, 5.41) is 9.10. The summed E-state index contributed by atoms with van der Waals surface area (Å²) in [6, 6.07) is 14.5. The van der Waals surface area contributed by atoms with Crippen LogP contribution in [0, 0.1) is 0 Å². The summed E-state index contributed by atoms with van der Waals surface area (Å²) >= 11 is 0. The van der Waals surface area contributed by atoms with Crippen molar-refractivity contribution in [1.82, 2.24) is 4.90 Å². The fraction of sp³-hybridized carbons (Fsp3) is 0.368. The molecule has 6 heteroatoms. The zero-order valence-corrected chi connectivity index (χ0v) is 13.8. The van der Waals surface area contributed by atoms with Crippen LogP contribution in [0.1, 0.15) is 22.8 Å². The molecule has 0 unspecified atom stereocenters. The summed E-state index contributed by atoms with van der Waals surface area (Å²) < 4.78 is 34.6. The fourth-order valence-corrected chi connectivity index (χ4v) is 2.92. The quantitative estimate of drug-likeness (QED) is 0.868. The number of hydrogen-bond acceptors (Lipinski definition) is 4. The first-order valence-electron chi connectivity index (χ1n) is 8.21. The molecule has 0 spiro atoms. The van der Waals surface area contributed by atoms with Crippen molar-refractivity contribution in [2.75, 3.05) is 19.7 Å². The molecule has 1 aliphatic heterocycles. The molecule has 0 aromatic heterocycles. The molecule has 2 aromatic rings. The Kier molecular flexibility index (Phi) is 5.96. The molecule has 0 saturated carbocycles. The van der Waals surface area contributed by atoms with Crippen LogP contribution >= 0.6 is 0 Å². The highest BCUT2D eigenvalue weighted by Gasteiger charge is 2.22. The first kappa shape index (κ1) is 17.8. The molecule has 1 fully saturated rings. The van der Waals surface area contributed by atoms with Gasteiger partial charge in [0.05, 0.1) is 19.3 Å². The number of alkyl halides is 2. The summed E-state index contributed by atoms with van der Waals surface area (Å²) in [5.41, 5.74) is 3.02. The summed E-state index contributed by atoms with van der Waals surface area (Å²) in [5.74, 6) is 0.149. The fourth-order valence-electron chi connectivity index (χ4n) is 2.92. The minimum absolute atomic E-state index is 0.0468. The number of morpholine rings is 1. The molecule has 3 rings (SSSR count). The minimum Gasteiger partial charge on any atom is -0.435 e. The van der Waals surface area contributed by atoms with Gasteiger partial charge in [-0.05, 0) is 28.8 Å².